The third-order valence-corrected chi connectivity index (χ3v) is 10.9. The van der Waals surface area contributed by atoms with E-state index in [1.54, 1.807) is 77.0 Å². The maximum Gasteiger partial charge on any atom is 2.00 e. The largest absolute Gasteiger partial charge is 2.00 e. The van der Waals surface area contributed by atoms with Crippen molar-refractivity contribution in [2.24, 2.45) is 0 Å². The number of hydrogen-bond donors (Lipinski definition) is 0. The molecule has 3 nitrogen and oxygen atoms in total. The van der Waals surface area contributed by atoms with Crippen LogP contribution in [0.3, 0.4) is 0 Å². The molecule has 0 bridgehead atoms. The second kappa shape index (κ2) is 16.1. The molecule has 3 fully saturated rings. The minimum Gasteiger partial charge on any atom is -0.741 e. The minimum atomic E-state index is -6.09. The fraction of sp³-hybridized carbons (Fsp3) is 0.864. The molecule has 3 aliphatic rings. The smallest absolute Gasteiger partial charge is 0.741 e. The first-order valence-electron chi connectivity index (χ1n) is 11.3. The van der Waals surface area contributed by atoms with Crippen molar-refractivity contribution in [3.8, 4) is 0 Å². The molecule has 0 amide bonds. The van der Waals surface area contributed by atoms with Gasteiger partial charge < -0.3 is 4.55 Å². The van der Waals surface area contributed by atoms with Gasteiger partial charge in [0.15, 0.2) is 10.1 Å². The molecule has 186 valence electrons. The Morgan fingerprint density at radius 1 is 0.774 bits per heavy atom. The average Bonchev–Trinajstić information content (AvgIpc) is 2.70. The topological polar surface area (TPSA) is 57.2 Å². The molecule has 3 rings (SSSR count). The Morgan fingerprint density at radius 2 is 0.968 bits per heavy atom. The number of rotatable bonds is 3. The summed E-state index contributed by atoms with van der Waals surface area (Å²) in [6.07, 6.45) is 25.1. The Balaban J connectivity index is 0.000000638. The minimum absolute atomic E-state index is 0. The van der Waals surface area contributed by atoms with E-state index in [-0.39, 0.29) is 20.4 Å². The van der Waals surface area contributed by atoms with E-state index in [9.17, 15) is 13.2 Å². The fourth-order valence-corrected chi connectivity index (χ4v) is 9.71. The number of hydrogen-bond acceptors (Lipinski definition) is 3. The Morgan fingerprint density at radius 3 is 1.13 bits per heavy atom. The van der Waals surface area contributed by atoms with Crippen molar-refractivity contribution in [1.29, 1.82) is 0 Å². The van der Waals surface area contributed by atoms with Crippen molar-refractivity contribution < 1.29 is 46.6 Å². The number of alkyl halides is 3. The molecule has 3 saturated carbocycles. The third kappa shape index (κ3) is 11.9. The molecular formula is C22H38F3O3PPdS. The second-order valence-electron chi connectivity index (χ2n) is 8.51. The summed E-state index contributed by atoms with van der Waals surface area (Å²) in [5.74, 6) is 0. The van der Waals surface area contributed by atoms with Crippen LogP contribution < -0.4 is 0 Å². The Kier molecular flexibility index (Phi) is 16.3. The van der Waals surface area contributed by atoms with Crippen LogP contribution in [0.5, 0.6) is 0 Å². The number of halogens is 3. The first-order valence-corrected chi connectivity index (χ1v) is 14.3. The van der Waals surface area contributed by atoms with Gasteiger partial charge in [0.05, 0.1) is 0 Å². The summed E-state index contributed by atoms with van der Waals surface area (Å²) in [4.78, 5) is 0. The van der Waals surface area contributed by atoms with E-state index in [1.807, 2.05) is 0 Å². The molecule has 9 heteroatoms. The van der Waals surface area contributed by atoms with Crippen molar-refractivity contribution >= 4 is 18.0 Å². The fourth-order valence-electron chi connectivity index (χ4n) is 5.03. The normalized spacial score (nSPS) is 21.7. The molecule has 0 aliphatic heterocycles. The predicted octanol–water partition coefficient (Wildman–Crippen LogP) is 7.52. The quantitative estimate of drug-likeness (QED) is 0.115. The molecule has 0 spiro atoms. The summed E-state index contributed by atoms with van der Waals surface area (Å²) in [5, 5.41) is 0. The predicted molar refractivity (Wildman–Crippen MR) is 119 cm³/mol. The Hall–Kier alpha value is 0.402. The SMILES string of the molecule is C1CCC(P(C2CCCCC2)C2CCCCC2)CC1.C=C[CH2-].O=S(=O)([O-])C(F)(F)F.[Pd+2]. The van der Waals surface area contributed by atoms with E-state index in [0.29, 0.717) is 7.92 Å². The van der Waals surface area contributed by atoms with Crippen molar-refractivity contribution in [2.75, 3.05) is 0 Å². The van der Waals surface area contributed by atoms with Gasteiger partial charge in [-0.25, -0.2) is 28.0 Å². The zero-order valence-electron chi connectivity index (χ0n) is 18.4. The summed E-state index contributed by atoms with van der Waals surface area (Å²) >= 11 is 0. The van der Waals surface area contributed by atoms with Crippen molar-refractivity contribution in [1.82, 2.24) is 0 Å². The van der Waals surface area contributed by atoms with Crippen LogP contribution in [0.15, 0.2) is 12.7 Å². The molecule has 0 unspecified atom stereocenters. The van der Waals surface area contributed by atoms with Gasteiger partial charge in [0.1, 0.15) is 0 Å². The molecule has 0 radical (unpaired) electrons. The standard InChI is InChI=1S/C18H33P.C3H5.CHF3O3S.Pd/c1-4-10-16(11-5-1)19(17-12-6-2-7-13-17)18-14-8-3-9-15-18;1-3-2;2-1(3,4)8(5,6)7;/h16-18H,1-15H2;3H,1-2H2;(H,5,6,7);/q;-1;;+2/p-1. The van der Waals surface area contributed by atoms with Gasteiger partial charge >= 0.3 is 25.9 Å². The monoisotopic (exact) mass is 576 g/mol. The molecule has 0 atom stereocenters. The first-order chi connectivity index (χ1) is 14.1. The van der Waals surface area contributed by atoms with Gasteiger partial charge in [-0.15, -0.1) is 0 Å². The van der Waals surface area contributed by atoms with Gasteiger partial charge in [-0.3, -0.25) is 0 Å². The number of allylic oxidation sites excluding steroid dienone is 1. The van der Waals surface area contributed by atoms with Crippen LogP contribution >= 0.6 is 7.92 Å². The van der Waals surface area contributed by atoms with E-state index >= 15 is 0 Å². The molecule has 0 saturated heterocycles. The maximum atomic E-state index is 10.7. The Bertz CT molecular complexity index is 526. The van der Waals surface area contributed by atoms with E-state index in [4.69, 9.17) is 13.0 Å². The van der Waals surface area contributed by atoms with Crippen LogP contribution in [0.25, 0.3) is 0 Å². The molecule has 3 aliphatic carbocycles. The summed E-state index contributed by atoms with van der Waals surface area (Å²) < 4.78 is 58.9. The summed E-state index contributed by atoms with van der Waals surface area (Å²) in [5.41, 5.74) is -2.08. The van der Waals surface area contributed by atoms with E-state index in [2.05, 4.69) is 13.5 Å². The average molecular weight is 577 g/mol. The molecule has 0 aromatic heterocycles. The third-order valence-electron chi connectivity index (χ3n) is 6.27. The van der Waals surface area contributed by atoms with Crippen molar-refractivity contribution in [2.45, 2.75) is 119 Å². The van der Waals surface area contributed by atoms with Crippen LogP contribution in [0, 0.1) is 6.92 Å². The molecule has 0 heterocycles. The van der Waals surface area contributed by atoms with Crippen LogP contribution in [-0.4, -0.2) is 35.5 Å². The van der Waals surface area contributed by atoms with Crippen molar-refractivity contribution in [3.05, 3.63) is 19.6 Å². The van der Waals surface area contributed by atoms with Crippen LogP contribution in [0.2, 0.25) is 0 Å². The first kappa shape index (κ1) is 31.4. The zero-order valence-corrected chi connectivity index (χ0v) is 21.6. The van der Waals surface area contributed by atoms with E-state index < -0.39 is 15.6 Å². The molecule has 0 aromatic carbocycles. The van der Waals surface area contributed by atoms with E-state index in [0.717, 1.165) is 0 Å². The van der Waals surface area contributed by atoms with Gasteiger partial charge in [0, 0.05) is 0 Å². The molecule has 0 aromatic rings. The zero-order chi connectivity index (χ0) is 22.6. The molecular weight excluding hydrogens is 539 g/mol. The Labute approximate surface area is 202 Å². The maximum absolute atomic E-state index is 10.7. The van der Waals surface area contributed by atoms with Crippen LogP contribution in [-0.2, 0) is 30.5 Å². The van der Waals surface area contributed by atoms with Crippen molar-refractivity contribution in [3.63, 3.8) is 0 Å². The molecule has 0 N–H and O–H groups in total. The van der Waals surface area contributed by atoms with E-state index in [1.165, 1.54) is 42.3 Å². The van der Waals surface area contributed by atoms with Gasteiger partial charge in [0.25, 0.3) is 0 Å². The van der Waals surface area contributed by atoms with Crippen LogP contribution in [0.4, 0.5) is 13.2 Å². The summed E-state index contributed by atoms with van der Waals surface area (Å²) in [7, 11) is -5.71. The van der Waals surface area contributed by atoms with Crippen LogP contribution in [0.1, 0.15) is 96.3 Å². The van der Waals surface area contributed by atoms with Gasteiger partial charge in [-0.05, 0) is 55.5 Å². The van der Waals surface area contributed by atoms with Gasteiger partial charge in [0.2, 0.25) is 0 Å². The summed E-state index contributed by atoms with van der Waals surface area (Å²) in [6, 6.07) is 0. The second-order valence-corrected chi connectivity index (χ2v) is 13.0. The summed E-state index contributed by atoms with van der Waals surface area (Å²) in [6.45, 7) is 6.50. The molecule has 31 heavy (non-hydrogen) atoms. The van der Waals surface area contributed by atoms with Gasteiger partial charge in [-0.2, -0.15) is 13.2 Å². The van der Waals surface area contributed by atoms with Gasteiger partial charge in [-0.1, -0.05) is 65.7 Å².